The molecule has 0 saturated heterocycles. The second-order valence-electron chi connectivity index (χ2n) is 3.92. The molecule has 0 bridgehead atoms. The fourth-order valence-corrected chi connectivity index (χ4v) is 1.85. The predicted octanol–water partition coefficient (Wildman–Crippen LogP) is 2.72. The smallest absolute Gasteiger partial charge is 0.163 e. The van der Waals surface area contributed by atoms with Gasteiger partial charge in [0.05, 0.1) is 0 Å². The molecule has 1 aromatic heterocycles. The van der Waals surface area contributed by atoms with Gasteiger partial charge in [0.25, 0.3) is 0 Å². The molecule has 0 aliphatic heterocycles. The quantitative estimate of drug-likeness (QED) is 0.737. The number of rotatable bonds is 5. The minimum absolute atomic E-state index is 0.177. The molecule has 0 atom stereocenters. The molecule has 0 unspecified atom stereocenters. The van der Waals surface area contributed by atoms with Crippen LogP contribution >= 0.6 is 0 Å². The summed E-state index contributed by atoms with van der Waals surface area (Å²) in [5, 5.41) is 0. The second kappa shape index (κ2) is 5.43. The number of hydrogen-bond acceptors (Lipinski definition) is 2. The summed E-state index contributed by atoms with van der Waals surface area (Å²) in [5.41, 5.74) is 0.780. The molecular formula is C14H16N2O. The van der Waals surface area contributed by atoms with Crippen LogP contribution in [0, 0.1) is 0 Å². The van der Waals surface area contributed by atoms with Gasteiger partial charge in [-0.15, -0.1) is 0 Å². The SMILES string of the molecule is CCn1ccnc1CCC(=O)c1ccccc1. The Morgan fingerprint density at radius 1 is 1.29 bits per heavy atom. The standard InChI is InChI=1S/C14H16N2O/c1-2-16-11-10-15-14(16)9-8-13(17)12-6-4-3-5-7-12/h3-7,10-11H,2,8-9H2,1H3. The van der Waals surface area contributed by atoms with Crippen LogP contribution in [0.2, 0.25) is 0 Å². The molecule has 0 saturated carbocycles. The van der Waals surface area contributed by atoms with E-state index in [0.717, 1.165) is 17.9 Å². The molecule has 0 N–H and O–H groups in total. The summed E-state index contributed by atoms with van der Waals surface area (Å²) in [5.74, 6) is 1.16. The summed E-state index contributed by atoms with van der Waals surface area (Å²) in [7, 11) is 0. The molecule has 3 heteroatoms. The highest BCUT2D eigenvalue weighted by molar-refractivity contribution is 5.96. The van der Waals surface area contributed by atoms with Crippen molar-refractivity contribution in [2.24, 2.45) is 0 Å². The van der Waals surface area contributed by atoms with E-state index in [9.17, 15) is 4.79 Å². The molecule has 0 aliphatic rings. The highest BCUT2D eigenvalue weighted by Gasteiger charge is 2.07. The molecule has 0 aliphatic carbocycles. The van der Waals surface area contributed by atoms with Crippen molar-refractivity contribution in [1.29, 1.82) is 0 Å². The molecule has 2 aromatic rings. The second-order valence-corrected chi connectivity index (χ2v) is 3.92. The van der Waals surface area contributed by atoms with Gasteiger partial charge in [-0.05, 0) is 6.92 Å². The Bertz CT molecular complexity index is 488. The van der Waals surface area contributed by atoms with Crippen molar-refractivity contribution in [2.45, 2.75) is 26.3 Å². The molecule has 0 amide bonds. The molecule has 0 radical (unpaired) electrons. The lowest BCUT2D eigenvalue weighted by atomic mass is 10.1. The van der Waals surface area contributed by atoms with Crippen molar-refractivity contribution in [3.05, 3.63) is 54.1 Å². The largest absolute Gasteiger partial charge is 0.335 e. The minimum Gasteiger partial charge on any atom is -0.335 e. The van der Waals surface area contributed by atoms with Crippen LogP contribution in [0.5, 0.6) is 0 Å². The van der Waals surface area contributed by atoms with E-state index in [0.29, 0.717) is 12.8 Å². The number of aryl methyl sites for hydroxylation is 2. The molecule has 1 aromatic carbocycles. The van der Waals surface area contributed by atoms with Gasteiger partial charge in [0.1, 0.15) is 5.82 Å². The van der Waals surface area contributed by atoms with Crippen LogP contribution in [-0.2, 0) is 13.0 Å². The number of carbonyl (C=O) groups is 1. The van der Waals surface area contributed by atoms with E-state index >= 15 is 0 Å². The first kappa shape index (κ1) is 11.6. The number of Topliss-reactive ketones (excluding diaryl/α,β-unsaturated/α-hetero) is 1. The Morgan fingerprint density at radius 2 is 2.06 bits per heavy atom. The molecule has 1 heterocycles. The van der Waals surface area contributed by atoms with Crippen molar-refractivity contribution in [2.75, 3.05) is 0 Å². The van der Waals surface area contributed by atoms with Gasteiger partial charge in [-0.3, -0.25) is 4.79 Å². The average molecular weight is 228 g/mol. The van der Waals surface area contributed by atoms with Gasteiger partial charge in [0.15, 0.2) is 5.78 Å². The topological polar surface area (TPSA) is 34.9 Å². The van der Waals surface area contributed by atoms with Crippen LogP contribution < -0.4 is 0 Å². The van der Waals surface area contributed by atoms with Crippen LogP contribution in [0.15, 0.2) is 42.7 Å². The van der Waals surface area contributed by atoms with Crippen LogP contribution in [0.4, 0.5) is 0 Å². The van der Waals surface area contributed by atoms with Gasteiger partial charge in [0, 0.05) is 37.3 Å². The molecule has 2 rings (SSSR count). The summed E-state index contributed by atoms with van der Waals surface area (Å²) in [4.78, 5) is 16.2. The maximum atomic E-state index is 11.9. The zero-order valence-electron chi connectivity index (χ0n) is 9.97. The van der Waals surface area contributed by atoms with Crippen molar-refractivity contribution >= 4 is 5.78 Å². The van der Waals surface area contributed by atoms with Crippen LogP contribution in [-0.4, -0.2) is 15.3 Å². The average Bonchev–Trinajstić information content (AvgIpc) is 2.84. The van der Waals surface area contributed by atoms with E-state index in [-0.39, 0.29) is 5.78 Å². The monoisotopic (exact) mass is 228 g/mol. The number of carbonyl (C=O) groups excluding carboxylic acids is 1. The molecule has 88 valence electrons. The first-order chi connectivity index (χ1) is 8.31. The first-order valence-corrected chi connectivity index (χ1v) is 5.89. The third kappa shape index (κ3) is 2.81. The fourth-order valence-electron chi connectivity index (χ4n) is 1.85. The number of imidazole rings is 1. The molecule has 0 fully saturated rings. The Balaban J connectivity index is 1.97. The Morgan fingerprint density at radius 3 is 2.76 bits per heavy atom. The third-order valence-electron chi connectivity index (χ3n) is 2.81. The molecular weight excluding hydrogens is 212 g/mol. The van der Waals surface area contributed by atoms with Crippen molar-refractivity contribution in [3.8, 4) is 0 Å². The van der Waals surface area contributed by atoms with Gasteiger partial charge in [-0.2, -0.15) is 0 Å². The lowest BCUT2D eigenvalue weighted by Gasteiger charge is -2.04. The minimum atomic E-state index is 0.177. The Labute approximate surface area is 101 Å². The number of aromatic nitrogens is 2. The van der Waals surface area contributed by atoms with E-state index in [1.807, 2.05) is 36.5 Å². The van der Waals surface area contributed by atoms with Crippen molar-refractivity contribution in [3.63, 3.8) is 0 Å². The maximum absolute atomic E-state index is 11.9. The Kier molecular flexibility index (Phi) is 3.70. The predicted molar refractivity (Wildman–Crippen MR) is 67.0 cm³/mol. The van der Waals surface area contributed by atoms with Crippen molar-refractivity contribution in [1.82, 2.24) is 9.55 Å². The molecule has 3 nitrogen and oxygen atoms in total. The van der Waals surface area contributed by atoms with Gasteiger partial charge in [-0.25, -0.2) is 4.98 Å². The highest BCUT2D eigenvalue weighted by Crippen LogP contribution is 2.07. The van der Waals surface area contributed by atoms with E-state index in [2.05, 4.69) is 16.5 Å². The van der Waals surface area contributed by atoms with Crippen LogP contribution in [0.1, 0.15) is 29.5 Å². The third-order valence-corrected chi connectivity index (χ3v) is 2.81. The summed E-state index contributed by atoms with van der Waals surface area (Å²) in [6.07, 6.45) is 4.95. The van der Waals surface area contributed by atoms with Crippen LogP contribution in [0.3, 0.4) is 0 Å². The molecule has 0 spiro atoms. The summed E-state index contributed by atoms with van der Waals surface area (Å²) < 4.78 is 2.07. The van der Waals surface area contributed by atoms with Gasteiger partial charge in [-0.1, -0.05) is 30.3 Å². The summed E-state index contributed by atoms with van der Waals surface area (Å²) in [6, 6.07) is 9.41. The van der Waals surface area contributed by atoms with Crippen LogP contribution in [0.25, 0.3) is 0 Å². The first-order valence-electron chi connectivity index (χ1n) is 5.89. The zero-order valence-corrected chi connectivity index (χ0v) is 9.97. The number of ketones is 1. The maximum Gasteiger partial charge on any atom is 0.163 e. The summed E-state index contributed by atoms with van der Waals surface area (Å²) >= 11 is 0. The molecule has 17 heavy (non-hydrogen) atoms. The lowest BCUT2D eigenvalue weighted by Crippen LogP contribution is -2.06. The fraction of sp³-hybridized carbons (Fsp3) is 0.286. The lowest BCUT2D eigenvalue weighted by molar-refractivity contribution is 0.0982. The van der Waals surface area contributed by atoms with Gasteiger partial charge < -0.3 is 4.57 Å². The Hall–Kier alpha value is -1.90. The van der Waals surface area contributed by atoms with Gasteiger partial charge in [0.2, 0.25) is 0 Å². The number of benzene rings is 1. The van der Waals surface area contributed by atoms with E-state index in [1.54, 1.807) is 6.20 Å². The van der Waals surface area contributed by atoms with Gasteiger partial charge >= 0.3 is 0 Å². The highest BCUT2D eigenvalue weighted by atomic mass is 16.1. The summed E-state index contributed by atoms with van der Waals surface area (Å²) in [6.45, 7) is 2.97. The number of hydrogen-bond donors (Lipinski definition) is 0. The van der Waals surface area contributed by atoms with E-state index < -0.39 is 0 Å². The number of nitrogens with zero attached hydrogens (tertiary/aromatic N) is 2. The van der Waals surface area contributed by atoms with E-state index in [4.69, 9.17) is 0 Å². The van der Waals surface area contributed by atoms with Crippen molar-refractivity contribution < 1.29 is 4.79 Å². The normalized spacial score (nSPS) is 10.4. The zero-order chi connectivity index (χ0) is 12.1. The van der Waals surface area contributed by atoms with E-state index in [1.165, 1.54) is 0 Å².